The van der Waals surface area contributed by atoms with Crippen molar-refractivity contribution >= 4 is 32.6 Å². The fourth-order valence-electron chi connectivity index (χ4n) is 2.68. The van der Waals surface area contributed by atoms with E-state index in [-0.39, 0.29) is 11.8 Å². The molecule has 0 saturated carbocycles. The van der Waals surface area contributed by atoms with E-state index in [0.717, 1.165) is 36.6 Å². The van der Waals surface area contributed by atoms with Crippen LogP contribution in [0.5, 0.6) is 0 Å². The quantitative estimate of drug-likeness (QED) is 0.945. The monoisotopic (exact) mass is 289 g/mol. The molecule has 106 valence electrons. The fourth-order valence-corrected chi connectivity index (χ4v) is 3.68. The molecule has 1 aliphatic heterocycles. The Morgan fingerprint density at radius 3 is 3.15 bits per heavy atom. The molecule has 1 N–H and O–H groups in total. The van der Waals surface area contributed by atoms with Gasteiger partial charge >= 0.3 is 0 Å². The van der Waals surface area contributed by atoms with Crippen molar-refractivity contribution in [1.29, 1.82) is 0 Å². The molecule has 1 saturated heterocycles. The number of benzene rings is 1. The summed E-state index contributed by atoms with van der Waals surface area (Å²) >= 11 is 1.71. The molecule has 5 heteroatoms. The summed E-state index contributed by atoms with van der Waals surface area (Å²) in [5, 5.41) is 3.97. The molecule has 2 aromatic rings. The molecule has 0 aliphatic carbocycles. The van der Waals surface area contributed by atoms with Gasteiger partial charge in [0, 0.05) is 19.6 Å². The Balaban J connectivity index is 1.77. The summed E-state index contributed by atoms with van der Waals surface area (Å²) in [6.07, 6.45) is 2.03. The average molecular weight is 289 g/mol. The standard InChI is InChI=1S/C15H19N3OS/c1-2-16-14(19)11-6-5-9-18(10-11)15-17-12-7-3-4-8-13(12)20-15/h3-4,7-8,11H,2,5-6,9-10H2,1H3,(H,16,19). The van der Waals surface area contributed by atoms with E-state index in [9.17, 15) is 4.79 Å². The zero-order valence-corrected chi connectivity index (χ0v) is 12.4. The van der Waals surface area contributed by atoms with Crippen molar-refractivity contribution < 1.29 is 4.79 Å². The first-order valence-corrected chi connectivity index (χ1v) is 7.98. The number of rotatable bonds is 3. The van der Waals surface area contributed by atoms with Crippen molar-refractivity contribution in [3.05, 3.63) is 24.3 Å². The number of hydrogen-bond acceptors (Lipinski definition) is 4. The summed E-state index contributed by atoms with van der Waals surface area (Å²) in [7, 11) is 0. The Bertz CT molecular complexity index is 577. The molecule has 20 heavy (non-hydrogen) atoms. The van der Waals surface area contributed by atoms with Gasteiger partial charge in [0.15, 0.2) is 5.13 Å². The maximum atomic E-state index is 12.0. The SMILES string of the molecule is CCNC(=O)C1CCCN(c2nc3ccccc3s2)C1. The molecule has 3 rings (SSSR count). The van der Waals surface area contributed by atoms with Gasteiger partial charge in [0.2, 0.25) is 5.91 Å². The van der Waals surface area contributed by atoms with E-state index >= 15 is 0 Å². The maximum Gasteiger partial charge on any atom is 0.224 e. The Labute approximate surface area is 122 Å². The molecule has 1 fully saturated rings. The molecular weight excluding hydrogens is 270 g/mol. The predicted molar refractivity (Wildman–Crippen MR) is 83.2 cm³/mol. The van der Waals surface area contributed by atoms with Gasteiger partial charge in [-0.2, -0.15) is 0 Å². The first-order valence-electron chi connectivity index (χ1n) is 7.16. The number of nitrogens with one attached hydrogen (secondary N) is 1. The van der Waals surface area contributed by atoms with Gasteiger partial charge in [0.25, 0.3) is 0 Å². The predicted octanol–water partition coefficient (Wildman–Crippen LogP) is 2.65. The summed E-state index contributed by atoms with van der Waals surface area (Å²) in [5.74, 6) is 0.272. The Kier molecular flexibility index (Phi) is 3.87. The van der Waals surface area contributed by atoms with Crippen molar-refractivity contribution in [3.63, 3.8) is 0 Å². The molecule has 1 amide bonds. The third kappa shape index (κ3) is 2.63. The van der Waals surface area contributed by atoms with Crippen molar-refractivity contribution in [2.24, 2.45) is 5.92 Å². The number of piperidine rings is 1. The lowest BCUT2D eigenvalue weighted by Gasteiger charge is -2.31. The second-order valence-electron chi connectivity index (χ2n) is 5.14. The number of nitrogens with zero attached hydrogens (tertiary/aromatic N) is 2. The number of carbonyl (C=O) groups is 1. The number of aromatic nitrogens is 1. The molecule has 0 radical (unpaired) electrons. The van der Waals surface area contributed by atoms with E-state index in [4.69, 9.17) is 0 Å². The largest absolute Gasteiger partial charge is 0.356 e. The third-order valence-electron chi connectivity index (χ3n) is 3.70. The van der Waals surface area contributed by atoms with E-state index in [0.29, 0.717) is 6.54 Å². The Hall–Kier alpha value is -1.62. The van der Waals surface area contributed by atoms with Crippen LogP contribution in [-0.2, 0) is 4.79 Å². The summed E-state index contributed by atoms with van der Waals surface area (Å²) in [6.45, 7) is 4.45. The van der Waals surface area contributed by atoms with E-state index in [1.54, 1.807) is 11.3 Å². The summed E-state index contributed by atoms with van der Waals surface area (Å²) in [5.41, 5.74) is 1.05. The number of para-hydroxylation sites is 1. The third-order valence-corrected chi connectivity index (χ3v) is 4.79. The van der Waals surface area contributed by atoms with Crippen LogP contribution in [0.25, 0.3) is 10.2 Å². The minimum absolute atomic E-state index is 0.0933. The van der Waals surface area contributed by atoms with Gasteiger partial charge in [-0.15, -0.1) is 0 Å². The molecule has 0 spiro atoms. The highest BCUT2D eigenvalue weighted by molar-refractivity contribution is 7.22. The lowest BCUT2D eigenvalue weighted by Crippen LogP contribution is -2.43. The smallest absolute Gasteiger partial charge is 0.224 e. The minimum atomic E-state index is 0.0933. The van der Waals surface area contributed by atoms with Crippen LogP contribution >= 0.6 is 11.3 Å². The van der Waals surface area contributed by atoms with Gasteiger partial charge in [-0.05, 0) is 31.9 Å². The van der Waals surface area contributed by atoms with Gasteiger partial charge in [-0.3, -0.25) is 4.79 Å². The zero-order valence-electron chi connectivity index (χ0n) is 11.6. The van der Waals surface area contributed by atoms with Crippen LogP contribution in [0.1, 0.15) is 19.8 Å². The minimum Gasteiger partial charge on any atom is -0.356 e. The number of anilines is 1. The lowest BCUT2D eigenvalue weighted by molar-refractivity contribution is -0.125. The average Bonchev–Trinajstić information content (AvgIpc) is 2.91. The first kappa shape index (κ1) is 13.4. The molecule has 1 aromatic heterocycles. The van der Waals surface area contributed by atoms with Crippen LogP contribution in [0.2, 0.25) is 0 Å². The van der Waals surface area contributed by atoms with Gasteiger partial charge < -0.3 is 10.2 Å². The van der Waals surface area contributed by atoms with E-state index in [1.807, 2.05) is 25.1 Å². The molecule has 1 aliphatic rings. The molecule has 2 heterocycles. The molecule has 1 aromatic carbocycles. The number of carbonyl (C=O) groups excluding carboxylic acids is 1. The molecule has 1 unspecified atom stereocenters. The van der Waals surface area contributed by atoms with Crippen molar-refractivity contribution in [1.82, 2.24) is 10.3 Å². The van der Waals surface area contributed by atoms with Crippen LogP contribution in [-0.4, -0.2) is 30.5 Å². The van der Waals surface area contributed by atoms with Crippen molar-refractivity contribution in [2.75, 3.05) is 24.5 Å². The van der Waals surface area contributed by atoms with Crippen LogP contribution in [0.15, 0.2) is 24.3 Å². The van der Waals surface area contributed by atoms with Gasteiger partial charge in [-0.25, -0.2) is 4.98 Å². The number of fused-ring (bicyclic) bond motifs is 1. The number of amides is 1. The maximum absolute atomic E-state index is 12.0. The van der Waals surface area contributed by atoms with Gasteiger partial charge in [0.1, 0.15) is 0 Å². The fraction of sp³-hybridized carbons (Fsp3) is 0.467. The summed E-state index contributed by atoms with van der Waals surface area (Å²) in [6, 6.07) is 8.19. The Morgan fingerprint density at radius 1 is 1.50 bits per heavy atom. The van der Waals surface area contributed by atoms with Crippen LogP contribution in [0, 0.1) is 5.92 Å². The number of hydrogen-bond donors (Lipinski definition) is 1. The molecular formula is C15H19N3OS. The van der Waals surface area contributed by atoms with Crippen LogP contribution < -0.4 is 10.2 Å². The highest BCUT2D eigenvalue weighted by Crippen LogP contribution is 2.31. The molecule has 0 bridgehead atoms. The first-order chi connectivity index (χ1) is 9.78. The molecule has 4 nitrogen and oxygen atoms in total. The normalized spacial score (nSPS) is 19.2. The second kappa shape index (κ2) is 5.79. The zero-order chi connectivity index (χ0) is 13.9. The van der Waals surface area contributed by atoms with Crippen LogP contribution in [0.4, 0.5) is 5.13 Å². The van der Waals surface area contributed by atoms with E-state index in [2.05, 4.69) is 21.3 Å². The van der Waals surface area contributed by atoms with Gasteiger partial charge in [0.05, 0.1) is 16.1 Å². The Morgan fingerprint density at radius 2 is 2.35 bits per heavy atom. The number of thiazole rings is 1. The van der Waals surface area contributed by atoms with Crippen molar-refractivity contribution in [3.8, 4) is 0 Å². The van der Waals surface area contributed by atoms with Crippen LogP contribution in [0.3, 0.4) is 0 Å². The van der Waals surface area contributed by atoms with Crippen molar-refractivity contribution in [2.45, 2.75) is 19.8 Å². The van der Waals surface area contributed by atoms with E-state index in [1.165, 1.54) is 4.70 Å². The highest BCUT2D eigenvalue weighted by atomic mass is 32.1. The summed E-state index contributed by atoms with van der Waals surface area (Å²) < 4.78 is 1.21. The van der Waals surface area contributed by atoms with Gasteiger partial charge in [-0.1, -0.05) is 23.5 Å². The molecule has 1 atom stereocenters. The van der Waals surface area contributed by atoms with E-state index < -0.39 is 0 Å². The lowest BCUT2D eigenvalue weighted by atomic mass is 9.97. The second-order valence-corrected chi connectivity index (χ2v) is 6.15. The topological polar surface area (TPSA) is 45.2 Å². The highest BCUT2D eigenvalue weighted by Gasteiger charge is 2.26. The summed E-state index contributed by atoms with van der Waals surface area (Å²) in [4.78, 5) is 18.9.